The molecule has 0 unspecified atom stereocenters. The maximum Gasteiger partial charge on any atom is 0.387 e. The Morgan fingerprint density at radius 1 is 1.05 bits per heavy atom. The van der Waals surface area contributed by atoms with Crippen LogP contribution >= 0.6 is 15.9 Å². The summed E-state index contributed by atoms with van der Waals surface area (Å²) >= 11 is 3.07. The van der Waals surface area contributed by atoms with Crippen LogP contribution in [0.15, 0.2) is 40.9 Å². The molecule has 21 heavy (non-hydrogen) atoms. The van der Waals surface area contributed by atoms with Crippen molar-refractivity contribution < 1.29 is 22.3 Å². The minimum absolute atomic E-state index is 0.327. The number of alkyl halides is 2. The molecular formula is C14H10BrF4NO. The Bertz CT molecular complexity index is 636. The van der Waals surface area contributed by atoms with Gasteiger partial charge in [0.15, 0.2) is 11.6 Å². The predicted octanol–water partition coefficient (Wildman–Crippen LogP) is 4.94. The average Bonchev–Trinajstić information content (AvgIpc) is 2.42. The molecule has 0 heterocycles. The molecule has 2 aromatic carbocycles. The van der Waals surface area contributed by atoms with Gasteiger partial charge >= 0.3 is 6.61 Å². The second kappa shape index (κ2) is 6.80. The van der Waals surface area contributed by atoms with Crippen LogP contribution in [0, 0.1) is 11.6 Å². The summed E-state index contributed by atoms with van der Waals surface area (Å²) in [4.78, 5) is 0. The first-order valence-electron chi connectivity index (χ1n) is 5.88. The summed E-state index contributed by atoms with van der Waals surface area (Å²) in [7, 11) is 0. The topological polar surface area (TPSA) is 21.3 Å². The quantitative estimate of drug-likeness (QED) is 0.759. The van der Waals surface area contributed by atoms with E-state index in [1.165, 1.54) is 12.1 Å². The van der Waals surface area contributed by atoms with Gasteiger partial charge in [0, 0.05) is 18.3 Å². The number of anilines is 1. The van der Waals surface area contributed by atoms with E-state index >= 15 is 0 Å². The van der Waals surface area contributed by atoms with Crippen molar-refractivity contribution in [2.24, 2.45) is 0 Å². The number of nitrogens with one attached hydrogen (secondary N) is 1. The standard InChI is InChI=1S/C14H10BrF4NO/c15-10-5-8(1-3-11(10)16)7-20-9-2-4-13(12(17)6-9)21-14(18)19/h1-6,14,20H,7H2. The van der Waals surface area contributed by atoms with E-state index in [2.05, 4.69) is 26.0 Å². The number of hydrogen-bond donors (Lipinski definition) is 1. The molecule has 0 aliphatic carbocycles. The fourth-order valence-corrected chi connectivity index (χ4v) is 2.08. The van der Waals surface area contributed by atoms with Crippen molar-refractivity contribution in [3.8, 4) is 5.75 Å². The number of benzene rings is 2. The maximum atomic E-state index is 13.5. The van der Waals surface area contributed by atoms with E-state index < -0.39 is 18.2 Å². The smallest absolute Gasteiger partial charge is 0.387 e. The van der Waals surface area contributed by atoms with Gasteiger partial charge in [-0.2, -0.15) is 8.78 Å². The zero-order valence-corrected chi connectivity index (χ0v) is 12.1. The van der Waals surface area contributed by atoms with Gasteiger partial charge in [-0.25, -0.2) is 8.78 Å². The Kier molecular flexibility index (Phi) is 5.06. The molecule has 0 atom stereocenters. The highest BCUT2D eigenvalue weighted by atomic mass is 79.9. The molecule has 0 spiro atoms. The maximum absolute atomic E-state index is 13.5. The van der Waals surface area contributed by atoms with Gasteiger partial charge in [-0.05, 0) is 45.8 Å². The Hall–Kier alpha value is -1.76. The van der Waals surface area contributed by atoms with Crippen LogP contribution in [0.3, 0.4) is 0 Å². The van der Waals surface area contributed by atoms with E-state index in [-0.39, 0.29) is 5.82 Å². The lowest BCUT2D eigenvalue weighted by atomic mass is 10.2. The average molecular weight is 364 g/mol. The van der Waals surface area contributed by atoms with Crippen molar-refractivity contribution in [1.29, 1.82) is 0 Å². The number of ether oxygens (including phenoxy) is 1. The molecule has 0 aromatic heterocycles. The number of hydrogen-bond acceptors (Lipinski definition) is 2. The summed E-state index contributed by atoms with van der Waals surface area (Å²) in [6.07, 6.45) is 0. The molecule has 7 heteroatoms. The Morgan fingerprint density at radius 3 is 2.43 bits per heavy atom. The van der Waals surface area contributed by atoms with Crippen LogP contribution in [0.5, 0.6) is 5.75 Å². The molecule has 0 aliphatic heterocycles. The zero-order chi connectivity index (χ0) is 15.4. The third-order valence-electron chi connectivity index (χ3n) is 2.63. The van der Waals surface area contributed by atoms with Gasteiger partial charge in [0.25, 0.3) is 0 Å². The highest BCUT2D eigenvalue weighted by molar-refractivity contribution is 9.10. The van der Waals surface area contributed by atoms with Crippen molar-refractivity contribution in [1.82, 2.24) is 0 Å². The second-order valence-corrected chi connectivity index (χ2v) is 4.98. The molecular weight excluding hydrogens is 354 g/mol. The van der Waals surface area contributed by atoms with E-state index in [4.69, 9.17) is 0 Å². The first kappa shape index (κ1) is 15.6. The fourth-order valence-electron chi connectivity index (χ4n) is 1.66. The second-order valence-electron chi connectivity index (χ2n) is 4.13. The number of rotatable bonds is 5. The summed E-state index contributed by atoms with van der Waals surface area (Å²) < 4.78 is 54.9. The van der Waals surface area contributed by atoms with Crippen LogP contribution in [0.2, 0.25) is 0 Å². The van der Waals surface area contributed by atoms with Crippen LogP contribution in [0.25, 0.3) is 0 Å². The van der Waals surface area contributed by atoms with Crippen molar-refractivity contribution in [2.45, 2.75) is 13.2 Å². The van der Waals surface area contributed by atoms with Crippen LogP contribution in [-0.2, 0) is 6.54 Å². The van der Waals surface area contributed by atoms with E-state index in [0.29, 0.717) is 16.7 Å². The van der Waals surface area contributed by atoms with Crippen molar-refractivity contribution in [3.05, 3.63) is 58.1 Å². The third kappa shape index (κ3) is 4.35. The minimum Gasteiger partial charge on any atom is -0.432 e. The molecule has 112 valence electrons. The fraction of sp³-hybridized carbons (Fsp3) is 0.143. The van der Waals surface area contributed by atoms with Gasteiger partial charge < -0.3 is 10.1 Å². The normalized spacial score (nSPS) is 10.8. The molecule has 2 aromatic rings. The third-order valence-corrected chi connectivity index (χ3v) is 3.24. The largest absolute Gasteiger partial charge is 0.432 e. The number of halogens is 5. The first-order valence-corrected chi connectivity index (χ1v) is 6.67. The SMILES string of the molecule is Fc1ccc(CNc2ccc(OC(F)F)c(F)c2)cc1Br. The van der Waals surface area contributed by atoms with Gasteiger partial charge in [0.05, 0.1) is 4.47 Å². The molecule has 0 saturated carbocycles. The molecule has 0 aliphatic rings. The van der Waals surface area contributed by atoms with Gasteiger partial charge in [-0.3, -0.25) is 0 Å². The van der Waals surface area contributed by atoms with Crippen molar-refractivity contribution in [3.63, 3.8) is 0 Å². The monoisotopic (exact) mass is 363 g/mol. The molecule has 2 nitrogen and oxygen atoms in total. The highest BCUT2D eigenvalue weighted by Gasteiger charge is 2.10. The van der Waals surface area contributed by atoms with E-state index in [9.17, 15) is 17.6 Å². The lowest BCUT2D eigenvalue weighted by Crippen LogP contribution is -2.05. The summed E-state index contributed by atoms with van der Waals surface area (Å²) in [5.74, 6) is -1.78. The van der Waals surface area contributed by atoms with Gasteiger partial charge in [0.2, 0.25) is 0 Å². The van der Waals surface area contributed by atoms with Crippen LogP contribution in [-0.4, -0.2) is 6.61 Å². The molecule has 1 N–H and O–H groups in total. The van der Waals surface area contributed by atoms with Gasteiger partial charge in [-0.15, -0.1) is 0 Å². The predicted molar refractivity (Wildman–Crippen MR) is 74.5 cm³/mol. The van der Waals surface area contributed by atoms with Crippen LogP contribution in [0.4, 0.5) is 23.2 Å². The summed E-state index contributed by atoms with van der Waals surface area (Å²) in [5, 5.41) is 2.90. The molecule has 0 amide bonds. The van der Waals surface area contributed by atoms with Crippen LogP contribution < -0.4 is 10.1 Å². The Morgan fingerprint density at radius 2 is 1.81 bits per heavy atom. The Labute approximate surface area is 126 Å². The lowest BCUT2D eigenvalue weighted by molar-refractivity contribution is -0.0521. The highest BCUT2D eigenvalue weighted by Crippen LogP contribution is 2.23. The van der Waals surface area contributed by atoms with E-state index in [1.54, 1.807) is 12.1 Å². The Balaban J connectivity index is 2.03. The molecule has 0 bridgehead atoms. The zero-order valence-electron chi connectivity index (χ0n) is 10.5. The van der Waals surface area contributed by atoms with Crippen molar-refractivity contribution in [2.75, 3.05) is 5.32 Å². The van der Waals surface area contributed by atoms with E-state index in [1.807, 2.05) is 0 Å². The van der Waals surface area contributed by atoms with Crippen molar-refractivity contribution >= 4 is 21.6 Å². The molecule has 0 radical (unpaired) electrons. The van der Waals surface area contributed by atoms with E-state index in [0.717, 1.165) is 17.7 Å². The molecule has 0 saturated heterocycles. The molecule has 2 rings (SSSR count). The lowest BCUT2D eigenvalue weighted by Gasteiger charge is -2.10. The van der Waals surface area contributed by atoms with Gasteiger partial charge in [-0.1, -0.05) is 6.07 Å². The minimum atomic E-state index is -3.07. The summed E-state index contributed by atoms with van der Waals surface area (Å²) in [6.45, 7) is -2.75. The summed E-state index contributed by atoms with van der Waals surface area (Å²) in [5.41, 5.74) is 1.17. The summed E-state index contributed by atoms with van der Waals surface area (Å²) in [6, 6.07) is 8.06. The van der Waals surface area contributed by atoms with Crippen LogP contribution in [0.1, 0.15) is 5.56 Å². The first-order chi connectivity index (χ1) is 9.95. The molecule has 0 fully saturated rings. The van der Waals surface area contributed by atoms with Gasteiger partial charge in [0.1, 0.15) is 5.82 Å².